The maximum Gasteiger partial charge on any atom is 0.157 e. The lowest BCUT2D eigenvalue weighted by molar-refractivity contribution is -0.116. The van der Waals surface area contributed by atoms with Crippen molar-refractivity contribution in [2.24, 2.45) is 0 Å². The Balaban J connectivity index is 1.77. The lowest BCUT2D eigenvalue weighted by atomic mass is 10.1. The molecule has 0 aliphatic heterocycles. The van der Waals surface area contributed by atoms with Crippen molar-refractivity contribution in [3.05, 3.63) is 34.0 Å². The molecule has 0 spiro atoms. The molecule has 0 fully saturated rings. The van der Waals surface area contributed by atoms with Crippen molar-refractivity contribution < 1.29 is 13.2 Å². The molecule has 1 atom stereocenters. The van der Waals surface area contributed by atoms with Crippen molar-refractivity contribution in [3.63, 3.8) is 0 Å². The average molecular weight is 385 g/mol. The van der Waals surface area contributed by atoms with Gasteiger partial charge >= 0.3 is 0 Å². The minimum atomic E-state index is -3.28. The lowest BCUT2D eigenvalue weighted by Gasteiger charge is -2.11. The summed E-state index contributed by atoms with van der Waals surface area (Å²) in [6, 6.07) is 8.68. The highest BCUT2D eigenvalue weighted by atomic mass is 32.2. The first-order chi connectivity index (χ1) is 11.3. The van der Waals surface area contributed by atoms with Gasteiger partial charge in [0.05, 0.1) is 0 Å². The van der Waals surface area contributed by atoms with Crippen molar-refractivity contribution in [1.29, 1.82) is 0 Å². The van der Waals surface area contributed by atoms with Crippen molar-refractivity contribution >= 4 is 38.3 Å². The molecule has 24 heavy (non-hydrogen) atoms. The second-order valence-electron chi connectivity index (χ2n) is 6.20. The van der Waals surface area contributed by atoms with Gasteiger partial charge in [-0.3, -0.25) is 4.79 Å². The average Bonchev–Trinajstić information content (AvgIpc) is 3.09. The summed E-state index contributed by atoms with van der Waals surface area (Å²) in [5.74, 6) is -0.244. The number of unbranched alkanes of at least 4 members (excludes halogenated alkanes) is 2. The number of thiophene rings is 2. The molecule has 0 N–H and O–H groups in total. The highest BCUT2D eigenvalue weighted by Gasteiger charge is 2.24. The molecule has 0 bridgehead atoms. The Labute approximate surface area is 152 Å². The molecule has 1 unspecified atom stereocenters. The first-order valence-electron chi connectivity index (χ1n) is 8.12. The van der Waals surface area contributed by atoms with Gasteiger partial charge in [-0.15, -0.1) is 22.7 Å². The van der Waals surface area contributed by atoms with Gasteiger partial charge in [0, 0.05) is 25.8 Å². The van der Waals surface area contributed by atoms with E-state index in [2.05, 4.69) is 31.2 Å². The molecule has 2 heterocycles. The SMILES string of the molecule is CC(=O)C(CCCCCc1ccc(-c2ccc(C)s2)s1)S(C)(=O)=O. The molecule has 0 amide bonds. The molecule has 6 heteroatoms. The highest BCUT2D eigenvalue weighted by molar-refractivity contribution is 7.92. The predicted molar refractivity (Wildman–Crippen MR) is 104 cm³/mol. The Hall–Kier alpha value is -0.980. The highest BCUT2D eigenvalue weighted by Crippen LogP contribution is 2.33. The number of sulfone groups is 1. The van der Waals surface area contributed by atoms with E-state index in [0.29, 0.717) is 6.42 Å². The van der Waals surface area contributed by atoms with E-state index in [0.717, 1.165) is 31.9 Å². The van der Waals surface area contributed by atoms with Crippen LogP contribution in [0.1, 0.15) is 42.4 Å². The normalized spacial score (nSPS) is 13.1. The zero-order valence-electron chi connectivity index (χ0n) is 14.4. The molecule has 0 aliphatic carbocycles. The van der Waals surface area contributed by atoms with Crippen LogP contribution in [0.5, 0.6) is 0 Å². The van der Waals surface area contributed by atoms with E-state index in [-0.39, 0.29) is 5.78 Å². The van der Waals surface area contributed by atoms with Crippen LogP contribution in [-0.4, -0.2) is 25.7 Å². The van der Waals surface area contributed by atoms with E-state index in [9.17, 15) is 13.2 Å². The van der Waals surface area contributed by atoms with Crippen LogP contribution >= 0.6 is 22.7 Å². The quantitative estimate of drug-likeness (QED) is 0.578. The standard InChI is InChI=1S/C18H24O3S3/c1-13-9-11-16(22-13)17-12-10-15(23-17)7-5-4-6-8-18(14(2)19)24(3,20)21/h9-12,18H,4-8H2,1-3H3. The summed E-state index contributed by atoms with van der Waals surface area (Å²) in [5, 5.41) is -0.826. The fraction of sp³-hybridized carbons (Fsp3) is 0.500. The van der Waals surface area contributed by atoms with Gasteiger partial charge in [-0.05, 0) is 57.4 Å². The summed E-state index contributed by atoms with van der Waals surface area (Å²) in [7, 11) is -3.28. The molecule has 132 valence electrons. The minimum Gasteiger partial charge on any atom is -0.299 e. The maximum absolute atomic E-state index is 11.6. The van der Waals surface area contributed by atoms with Gasteiger partial charge in [0.1, 0.15) is 11.0 Å². The monoisotopic (exact) mass is 384 g/mol. The Kier molecular flexibility index (Phi) is 6.78. The third-order valence-corrected chi connectivity index (χ3v) is 7.95. The molecule has 0 saturated heterocycles. The van der Waals surface area contributed by atoms with Gasteiger partial charge < -0.3 is 0 Å². The molecule has 3 nitrogen and oxygen atoms in total. The summed E-state index contributed by atoms with van der Waals surface area (Å²) in [6.07, 6.45) is 5.36. The number of Topliss-reactive ketones (excluding diaryl/α,β-unsaturated/α-hetero) is 1. The summed E-state index contributed by atoms with van der Waals surface area (Å²) < 4.78 is 23.2. The number of hydrogen-bond acceptors (Lipinski definition) is 5. The summed E-state index contributed by atoms with van der Waals surface area (Å²) in [5.41, 5.74) is 0. The van der Waals surface area contributed by atoms with E-state index in [1.807, 2.05) is 22.7 Å². The molecule has 0 aliphatic rings. The van der Waals surface area contributed by atoms with Crippen molar-refractivity contribution in [2.75, 3.05) is 6.26 Å². The Morgan fingerprint density at radius 3 is 2.29 bits per heavy atom. The van der Waals surface area contributed by atoms with Crippen LogP contribution in [0.2, 0.25) is 0 Å². The van der Waals surface area contributed by atoms with Crippen molar-refractivity contribution in [2.45, 2.75) is 51.2 Å². The molecule has 0 aromatic carbocycles. The topological polar surface area (TPSA) is 51.2 Å². The van der Waals surface area contributed by atoms with Crippen LogP contribution in [0.4, 0.5) is 0 Å². The van der Waals surface area contributed by atoms with Gasteiger partial charge in [-0.2, -0.15) is 0 Å². The van der Waals surface area contributed by atoms with E-state index < -0.39 is 15.1 Å². The number of aryl methyl sites for hydroxylation is 2. The molecular weight excluding hydrogens is 360 g/mol. The Morgan fingerprint density at radius 2 is 1.71 bits per heavy atom. The second-order valence-corrected chi connectivity index (χ2v) is 10.9. The van der Waals surface area contributed by atoms with Crippen LogP contribution in [0.25, 0.3) is 9.75 Å². The summed E-state index contributed by atoms with van der Waals surface area (Å²) >= 11 is 3.65. The van der Waals surface area contributed by atoms with E-state index in [1.165, 1.54) is 26.4 Å². The molecule has 0 radical (unpaired) electrons. The zero-order valence-corrected chi connectivity index (χ0v) is 16.8. The maximum atomic E-state index is 11.6. The Morgan fingerprint density at radius 1 is 1.04 bits per heavy atom. The number of rotatable bonds is 9. The van der Waals surface area contributed by atoms with Crippen LogP contribution in [0.15, 0.2) is 24.3 Å². The smallest absolute Gasteiger partial charge is 0.157 e. The molecule has 2 rings (SSSR count). The van der Waals surface area contributed by atoms with Crippen molar-refractivity contribution in [3.8, 4) is 9.75 Å². The number of carbonyl (C=O) groups is 1. The van der Waals surface area contributed by atoms with Crippen LogP contribution in [-0.2, 0) is 21.1 Å². The van der Waals surface area contributed by atoms with Crippen LogP contribution < -0.4 is 0 Å². The van der Waals surface area contributed by atoms with E-state index in [1.54, 1.807) is 0 Å². The van der Waals surface area contributed by atoms with Gasteiger partial charge in [-0.25, -0.2) is 8.42 Å². The van der Waals surface area contributed by atoms with Crippen LogP contribution in [0, 0.1) is 6.92 Å². The van der Waals surface area contributed by atoms with E-state index >= 15 is 0 Å². The Bertz CT molecular complexity index is 784. The number of carbonyl (C=O) groups excluding carboxylic acids is 1. The third kappa shape index (κ3) is 5.53. The fourth-order valence-electron chi connectivity index (χ4n) is 2.74. The molecule has 0 saturated carbocycles. The molecule has 2 aromatic rings. The summed E-state index contributed by atoms with van der Waals surface area (Å²) in [4.78, 5) is 16.8. The van der Waals surface area contributed by atoms with Gasteiger partial charge in [0.15, 0.2) is 9.84 Å². The first kappa shape index (κ1) is 19.3. The first-order valence-corrected chi connectivity index (χ1v) is 11.7. The molecule has 2 aromatic heterocycles. The summed E-state index contributed by atoms with van der Waals surface area (Å²) in [6.45, 7) is 3.48. The zero-order chi connectivity index (χ0) is 17.7. The number of ketones is 1. The van der Waals surface area contributed by atoms with Gasteiger partial charge in [0.2, 0.25) is 0 Å². The van der Waals surface area contributed by atoms with Crippen LogP contribution in [0.3, 0.4) is 0 Å². The van der Waals surface area contributed by atoms with Gasteiger partial charge in [-0.1, -0.05) is 12.8 Å². The number of hydrogen-bond donors (Lipinski definition) is 0. The second kappa shape index (κ2) is 8.41. The van der Waals surface area contributed by atoms with Gasteiger partial charge in [0.25, 0.3) is 0 Å². The predicted octanol–water partition coefficient (Wildman–Crippen LogP) is 4.89. The van der Waals surface area contributed by atoms with E-state index in [4.69, 9.17) is 0 Å². The largest absolute Gasteiger partial charge is 0.299 e. The minimum absolute atomic E-state index is 0.244. The fourth-order valence-corrected chi connectivity index (χ4v) is 5.94. The van der Waals surface area contributed by atoms with Crippen molar-refractivity contribution in [1.82, 2.24) is 0 Å². The molecular formula is C18H24O3S3. The lowest BCUT2D eigenvalue weighted by Crippen LogP contribution is -2.27. The third-order valence-electron chi connectivity index (χ3n) is 4.00.